The van der Waals surface area contributed by atoms with E-state index in [2.05, 4.69) is 24.2 Å². The van der Waals surface area contributed by atoms with E-state index in [1.807, 2.05) is 7.05 Å². The van der Waals surface area contributed by atoms with Crippen LogP contribution in [-0.4, -0.2) is 16.9 Å². The lowest BCUT2D eigenvalue weighted by Crippen LogP contribution is -2.15. The highest BCUT2D eigenvalue weighted by Gasteiger charge is 2.19. The first-order valence-electron chi connectivity index (χ1n) is 5.01. The van der Waals surface area contributed by atoms with Crippen LogP contribution in [0.2, 0.25) is 0 Å². The van der Waals surface area contributed by atoms with Crippen LogP contribution in [0.15, 0.2) is 18.3 Å². The fourth-order valence-corrected chi connectivity index (χ4v) is 2.58. The van der Waals surface area contributed by atoms with Gasteiger partial charge < -0.3 is 10.5 Å². The van der Waals surface area contributed by atoms with Crippen molar-refractivity contribution in [3.05, 3.63) is 33.8 Å². The van der Waals surface area contributed by atoms with Crippen LogP contribution in [-0.2, 0) is 7.05 Å². The van der Waals surface area contributed by atoms with E-state index in [0.29, 0.717) is 0 Å². The van der Waals surface area contributed by atoms with E-state index in [0.717, 1.165) is 16.3 Å². The summed E-state index contributed by atoms with van der Waals surface area (Å²) < 4.78 is 7.02. The molecule has 16 heavy (non-hydrogen) atoms. The van der Waals surface area contributed by atoms with Crippen molar-refractivity contribution < 1.29 is 4.74 Å². The van der Waals surface area contributed by atoms with Gasteiger partial charge >= 0.3 is 0 Å². The van der Waals surface area contributed by atoms with Crippen molar-refractivity contribution in [1.82, 2.24) is 9.78 Å². The number of nitrogens with zero attached hydrogens (tertiary/aromatic N) is 2. The number of rotatable bonds is 3. The summed E-state index contributed by atoms with van der Waals surface area (Å²) in [6, 6.07) is 3.95. The van der Waals surface area contributed by atoms with Crippen LogP contribution in [0.3, 0.4) is 0 Å². The summed E-state index contributed by atoms with van der Waals surface area (Å²) in [4.78, 5) is 2.38. The molecule has 4 nitrogen and oxygen atoms in total. The molecule has 0 saturated carbocycles. The number of hydrogen-bond donors (Lipinski definition) is 1. The number of methoxy groups -OCH3 is 1. The summed E-state index contributed by atoms with van der Waals surface area (Å²) in [6.07, 6.45) is 1.69. The molecule has 0 bridgehead atoms. The van der Waals surface area contributed by atoms with Gasteiger partial charge in [-0.3, -0.25) is 4.68 Å². The Kier molecular flexibility index (Phi) is 2.98. The summed E-state index contributed by atoms with van der Waals surface area (Å²) in [5, 5.41) is 4.16. The lowest BCUT2D eigenvalue weighted by molar-refractivity contribution is 0.406. The molecule has 0 aromatic carbocycles. The maximum Gasteiger partial charge on any atom is 0.161 e. The molecule has 2 aromatic rings. The van der Waals surface area contributed by atoms with Crippen LogP contribution in [0, 0.1) is 6.92 Å². The summed E-state index contributed by atoms with van der Waals surface area (Å²) in [5.41, 5.74) is 7.13. The van der Waals surface area contributed by atoms with Gasteiger partial charge in [0.25, 0.3) is 0 Å². The number of aromatic nitrogens is 2. The van der Waals surface area contributed by atoms with Crippen LogP contribution in [0.4, 0.5) is 0 Å². The third-order valence-corrected chi connectivity index (χ3v) is 3.62. The Morgan fingerprint density at radius 1 is 1.50 bits per heavy atom. The third-order valence-electron chi connectivity index (χ3n) is 2.53. The Balaban J connectivity index is 2.40. The van der Waals surface area contributed by atoms with Gasteiger partial charge in [-0.05, 0) is 19.1 Å². The Morgan fingerprint density at radius 2 is 2.25 bits per heavy atom. The normalized spacial score (nSPS) is 12.8. The lowest BCUT2D eigenvalue weighted by Gasteiger charge is -2.12. The molecular formula is C11H15N3OS. The molecule has 2 heterocycles. The van der Waals surface area contributed by atoms with Crippen LogP contribution in [0.5, 0.6) is 5.75 Å². The zero-order valence-electron chi connectivity index (χ0n) is 9.60. The van der Waals surface area contributed by atoms with Crippen LogP contribution in [0.1, 0.15) is 21.5 Å². The van der Waals surface area contributed by atoms with Gasteiger partial charge in [-0.1, -0.05) is 0 Å². The maximum absolute atomic E-state index is 6.22. The molecule has 0 amide bonds. The van der Waals surface area contributed by atoms with E-state index in [4.69, 9.17) is 10.5 Å². The predicted molar refractivity (Wildman–Crippen MR) is 64.8 cm³/mol. The third kappa shape index (κ3) is 1.83. The topological polar surface area (TPSA) is 53.1 Å². The summed E-state index contributed by atoms with van der Waals surface area (Å²) in [6.45, 7) is 2.07. The minimum Gasteiger partial charge on any atom is -0.493 e. The summed E-state index contributed by atoms with van der Waals surface area (Å²) in [7, 11) is 3.51. The highest BCUT2D eigenvalue weighted by Crippen LogP contribution is 2.31. The van der Waals surface area contributed by atoms with Crippen molar-refractivity contribution in [2.75, 3.05) is 7.11 Å². The Hall–Kier alpha value is -1.33. The molecule has 1 atom stereocenters. The average molecular weight is 237 g/mol. The molecule has 2 aromatic heterocycles. The zero-order chi connectivity index (χ0) is 11.7. The average Bonchev–Trinajstić information content (AvgIpc) is 2.83. The first-order chi connectivity index (χ1) is 7.63. The van der Waals surface area contributed by atoms with Gasteiger partial charge in [0.15, 0.2) is 5.75 Å². The monoisotopic (exact) mass is 237 g/mol. The molecule has 1 unspecified atom stereocenters. The van der Waals surface area contributed by atoms with Gasteiger partial charge in [-0.25, -0.2) is 0 Å². The van der Waals surface area contributed by atoms with Crippen molar-refractivity contribution in [2.24, 2.45) is 12.8 Å². The smallest absolute Gasteiger partial charge is 0.161 e. The number of ether oxygens (including phenoxy) is 1. The van der Waals surface area contributed by atoms with Gasteiger partial charge in [0, 0.05) is 16.8 Å². The van der Waals surface area contributed by atoms with Crippen molar-refractivity contribution in [3.8, 4) is 5.75 Å². The quantitative estimate of drug-likeness (QED) is 0.886. The highest BCUT2D eigenvalue weighted by molar-refractivity contribution is 7.12. The van der Waals surface area contributed by atoms with Gasteiger partial charge in [0.05, 0.1) is 19.3 Å². The Bertz CT molecular complexity index is 489. The van der Waals surface area contributed by atoms with Gasteiger partial charge in [0.2, 0.25) is 0 Å². The number of hydrogen-bond acceptors (Lipinski definition) is 4. The number of thiophene rings is 1. The second-order valence-electron chi connectivity index (χ2n) is 3.65. The van der Waals surface area contributed by atoms with E-state index in [1.165, 1.54) is 4.88 Å². The first-order valence-corrected chi connectivity index (χ1v) is 5.83. The second-order valence-corrected chi connectivity index (χ2v) is 4.97. The molecule has 0 aliphatic rings. The number of nitrogens with two attached hydrogens (primary N) is 1. The predicted octanol–water partition coefficient (Wildman–Crippen LogP) is 1.85. The molecule has 2 rings (SSSR count). The molecule has 0 aliphatic carbocycles. The molecule has 0 saturated heterocycles. The molecule has 0 radical (unpaired) electrons. The Morgan fingerprint density at radius 3 is 2.81 bits per heavy atom. The minimum atomic E-state index is -0.179. The highest BCUT2D eigenvalue weighted by atomic mass is 32.1. The van der Waals surface area contributed by atoms with Crippen molar-refractivity contribution >= 4 is 11.3 Å². The van der Waals surface area contributed by atoms with E-state index in [-0.39, 0.29) is 6.04 Å². The van der Waals surface area contributed by atoms with E-state index >= 15 is 0 Å². The molecule has 5 heteroatoms. The van der Waals surface area contributed by atoms with Gasteiger partial charge in [-0.15, -0.1) is 11.3 Å². The Labute approximate surface area is 98.6 Å². The number of aryl methyl sites for hydroxylation is 2. The molecule has 86 valence electrons. The van der Waals surface area contributed by atoms with Crippen molar-refractivity contribution in [2.45, 2.75) is 13.0 Å². The van der Waals surface area contributed by atoms with E-state index < -0.39 is 0 Å². The fraction of sp³-hybridized carbons (Fsp3) is 0.364. The maximum atomic E-state index is 6.22. The van der Waals surface area contributed by atoms with Crippen molar-refractivity contribution in [1.29, 1.82) is 0 Å². The van der Waals surface area contributed by atoms with Gasteiger partial charge in [0.1, 0.15) is 5.69 Å². The van der Waals surface area contributed by atoms with E-state index in [9.17, 15) is 0 Å². The molecular weight excluding hydrogens is 222 g/mol. The molecule has 0 aliphatic heterocycles. The van der Waals surface area contributed by atoms with Crippen LogP contribution < -0.4 is 10.5 Å². The van der Waals surface area contributed by atoms with Gasteiger partial charge in [-0.2, -0.15) is 5.10 Å². The summed E-state index contributed by atoms with van der Waals surface area (Å²) in [5.74, 6) is 0.737. The first kappa shape index (κ1) is 11.2. The zero-order valence-corrected chi connectivity index (χ0v) is 10.4. The van der Waals surface area contributed by atoms with Crippen molar-refractivity contribution in [3.63, 3.8) is 0 Å². The van der Waals surface area contributed by atoms with Crippen LogP contribution >= 0.6 is 11.3 Å². The minimum absolute atomic E-state index is 0.179. The molecule has 0 spiro atoms. The second kappa shape index (κ2) is 4.27. The lowest BCUT2D eigenvalue weighted by atomic mass is 10.1. The summed E-state index contributed by atoms with van der Waals surface area (Å²) >= 11 is 1.70. The SMILES string of the molecule is COc1cnn(C)c1C(N)c1ccc(C)s1. The largest absolute Gasteiger partial charge is 0.493 e. The molecule has 2 N–H and O–H groups in total. The fourth-order valence-electron chi connectivity index (χ4n) is 1.69. The van der Waals surface area contributed by atoms with Crippen LogP contribution in [0.25, 0.3) is 0 Å². The standard InChI is InChI=1S/C11H15N3OS/c1-7-4-5-9(16-7)10(12)11-8(15-3)6-13-14(11)2/h4-6,10H,12H2,1-3H3. The van der Waals surface area contributed by atoms with E-state index in [1.54, 1.807) is 29.3 Å². The molecule has 0 fully saturated rings.